The van der Waals surface area contributed by atoms with Gasteiger partial charge in [-0.25, -0.2) is 0 Å². The Kier molecular flexibility index (Phi) is 3.55. The molecule has 5 nitrogen and oxygen atoms in total. The summed E-state index contributed by atoms with van der Waals surface area (Å²) in [5.41, 5.74) is -1.06. The smallest absolute Gasteiger partial charge is 0.309 e. The Labute approximate surface area is 131 Å². The Morgan fingerprint density at radius 2 is 2.05 bits per heavy atom. The van der Waals surface area contributed by atoms with E-state index in [9.17, 15) is 14.7 Å². The maximum absolute atomic E-state index is 12.0. The Morgan fingerprint density at radius 3 is 2.68 bits per heavy atom. The molecule has 3 aliphatic rings. The number of rotatable bonds is 1. The number of carbonyl (C=O) groups excluding carboxylic acids is 2. The van der Waals surface area contributed by atoms with E-state index in [1.807, 2.05) is 13.8 Å². The van der Waals surface area contributed by atoms with Crippen LogP contribution in [-0.4, -0.2) is 34.9 Å². The minimum Gasteiger partial charge on any atom is -0.462 e. The van der Waals surface area contributed by atoms with Gasteiger partial charge in [0.2, 0.25) is 0 Å². The molecule has 1 aliphatic heterocycles. The van der Waals surface area contributed by atoms with Gasteiger partial charge in [-0.3, -0.25) is 9.59 Å². The van der Waals surface area contributed by atoms with E-state index in [4.69, 9.17) is 9.47 Å². The van der Waals surface area contributed by atoms with Gasteiger partial charge in [0.05, 0.1) is 11.5 Å². The quantitative estimate of drug-likeness (QED) is 0.751. The van der Waals surface area contributed by atoms with Gasteiger partial charge in [-0.1, -0.05) is 20.3 Å². The van der Waals surface area contributed by atoms with Crippen molar-refractivity contribution >= 4 is 11.9 Å². The highest BCUT2D eigenvalue weighted by atomic mass is 16.6. The third-order valence-corrected chi connectivity index (χ3v) is 6.18. The molecule has 0 amide bonds. The maximum Gasteiger partial charge on any atom is 0.309 e. The van der Waals surface area contributed by atoms with Crippen LogP contribution in [0.25, 0.3) is 0 Å². The van der Waals surface area contributed by atoms with Crippen LogP contribution in [0.1, 0.15) is 53.4 Å². The summed E-state index contributed by atoms with van der Waals surface area (Å²) in [7, 11) is 0. The minimum atomic E-state index is -0.885. The molecular weight excluding hydrogens is 284 g/mol. The van der Waals surface area contributed by atoms with Gasteiger partial charge >= 0.3 is 11.9 Å². The van der Waals surface area contributed by atoms with Gasteiger partial charge in [0.1, 0.15) is 12.2 Å². The lowest BCUT2D eigenvalue weighted by atomic mass is 9.51. The molecule has 5 heteroatoms. The van der Waals surface area contributed by atoms with Gasteiger partial charge in [0.25, 0.3) is 0 Å². The largest absolute Gasteiger partial charge is 0.462 e. The molecule has 1 heterocycles. The van der Waals surface area contributed by atoms with Crippen molar-refractivity contribution in [3.05, 3.63) is 0 Å². The van der Waals surface area contributed by atoms with Crippen LogP contribution in [0.5, 0.6) is 0 Å². The predicted octanol–water partition coefficient (Wildman–Crippen LogP) is 2.06. The molecular formula is C17H26O5. The highest BCUT2D eigenvalue weighted by Gasteiger charge is 2.64. The third-order valence-electron chi connectivity index (χ3n) is 6.18. The summed E-state index contributed by atoms with van der Waals surface area (Å²) in [5, 5.41) is 11.0. The Bertz CT molecular complexity index is 499. The molecule has 1 N–H and O–H groups in total. The molecule has 22 heavy (non-hydrogen) atoms. The number of esters is 2. The van der Waals surface area contributed by atoms with Gasteiger partial charge in [-0.2, -0.15) is 0 Å². The van der Waals surface area contributed by atoms with Gasteiger partial charge in [0.15, 0.2) is 0 Å². The van der Waals surface area contributed by atoms with Gasteiger partial charge in [-0.05, 0) is 31.6 Å². The first kappa shape index (κ1) is 15.8. The molecule has 0 aromatic rings. The number of hydrogen-bond donors (Lipinski definition) is 1. The summed E-state index contributed by atoms with van der Waals surface area (Å²) in [5.74, 6) is -1.18. The second-order valence-corrected chi connectivity index (χ2v) is 7.96. The van der Waals surface area contributed by atoms with E-state index in [0.717, 1.165) is 19.3 Å². The Morgan fingerprint density at radius 1 is 1.36 bits per heavy atom. The van der Waals surface area contributed by atoms with Gasteiger partial charge < -0.3 is 14.6 Å². The first-order valence-corrected chi connectivity index (χ1v) is 8.26. The second-order valence-electron chi connectivity index (χ2n) is 7.96. The van der Waals surface area contributed by atoms with Crippen LogP contribution < -0.4 is 0 Å². The molecule has 7 atom stereocenters. The first-order chi connectivity index (χ1) is 10.2. The average molecular weight is 310 g/mol. The summed E-state index contributed by atoms with van der Waals surface area (Å²) in [6.45, 7) is 7.20. The van der Waals surface area contributed by atoms with Crippen molar-refractivity contribution in [1.29, 1.82) is 0 Å². The molecule has 0 aromatic carbocycles. The zero-order valence-corrected chi connectivity index (χ0v) is 13.8. The zero-order valence-electron chi connectivity index (χ0n) is 13.8. The third kappa shape index (κ3) is 2.25. The Balaban J connectivity index is 2.04. The normalized spacial score (nSPS) is 50.8. The molecule has 3 fully saturated rings. The van der Waals surface area contributed by atoms with Crippen molar-refractivity contribution in [3.63, 3.8) is 0 Å². The van der Waals surface area contributed by atoms with Crippen LogP contribution in [-0.2, 0) is 19.1 Å². The van der Waals surface area contributed by atoms with E-state index in [0.29, 0.717) is 6.42 Å². The lowest BCUT2D eigenvalue weighted by Gasteiger charge is -2.57. The number of hydrogen-bond acceptors (Lipinski definition) is 5. The lowest BCUT2D eigenvalue weighted by Crippen LogP contribution is -2.62. The summed E-state index contributed by atoms with van der Waals surface area (Å²) >= 11 is 0. The minimum absolute atomic E-state index is 0.154. The van der Waals surface area contributed by atoms with Crippen molar-refractivity contribution < 1.29 is 24.2 Å². The predicted molar refractivity (Wildman–Crippen MR) is 78.8 cm³/mol. The molecule has 3 rings (SSSR count). The average Bonchev–Trinajstić information content (AvgIpc) is 2.61. The topological polar surface area (TPSA) is 72.8 Å². The number of carbonyl (C=O) groups is 2. The van der Waals surface area contributed by atoms with Gasteiger partial charge in [0, 0.05) is 18.8 Å². The van der Waals surface area contributed by atoms with Crippen molar-refractivity contribution in [2.75, 3.05) is 0 Å². The molecule has 0 radical (unpaired) electrons. The van der Waals surface area contributed by atoms with Crippen molar-refractivity contribution in [3.8, 4) is 0 Å². The monoisotopic (exact) mass is 310 g/mol. The first-order valence-electron chi connectivity index (χ1n) is 8.26. The van der Waals surface area contributed by atoms with Crippen LogP contribution >= 0.6 is 0 Å². The molecule has 2 aliphatic carbocycles. The lowest BCUT2D eigenvalue weighted by molar-refractivity contribution is -0.213. The standard InChI is InChI=1S/C17H26O5/c1-9-12-11(22-15(9)19)8-16(3)6-5-7-17(4,20)14(16)13(12)21-10(2)18/h9,11-14,20H,5-8H2,1-4H3. The number of aliphatic hydroxyl groups is 1. The van der Waals surface area contributed by atoms with E-state index in [2.05, 4.69) is 6.92 Å². The van der Waals surface area contributed by atoms with Gasteiger partial charge in [-0.15, -0.1) is 0 Å². The van der Waals surface area contributed by atoms with Crippen LogP contribution in [0.2, 0.25) is 0 Å². The van der Waals surface area contributed by atoms with E-state index in [-0.39, 0.29) is 41.2 Å². The van der Waals surface area contributed by atoms with Crippen LogP contribution in [0.3, 0.4) is 0 Å². The molecule has 0 bridgehead atoms. The van der Waals surface area contributed by atoms with Crippen molar-refractivity contribution in [1.82, 2.24) is 0 Å². The number of fused-ring (bicyclic) bond motifs is 2. The fourth-order valence-corrected chi connectivity index (χ4v) is 5.40. The number of ether oxygens (including phenoxy) is 2. The summed E-state index contributed by atoms with van der Waals surface area (Å²) < 4.78 is 11.2. The molecule has 0 aromatic heterocycles. The molecule has 124 valence electrons. The highest BCUT2D eigenvalue weighted by molar-refractivity contribution is 5.75. The fourth-order valence-electron chi connectivity index (χ4n) is 5.40. The molecule has 0 spiro atoms. The SMILES string of the molecule is CC(=O)OC1C2C(CC3(C)CCCC(C)(O)C13)OC(=O)C2C. The van der Waals surface area contributed by atoms with E-state index in [1.54, 1.807) is 0 Å². The van der Waals surface area contributed by atoms with Crippen LogP contribution in [0, 0.1) is 23.2 Å². The van der Waals surface area contributed by atoms with E-state index >= 15 is 0 Å². The van der Waals surface area contributed by atoms with E-state index in [1.165, 1.54) is 6.92 Å². The molecule has 1 saturated heterocycles. The summed E-state index contributed by atoms with van der Waals surface area (Å²) in [6.07, 6.45) is 2.67. The summed E-state index contributed by atoms with van der Waals surface area (Å²) in [4.78, 5) is 23.7. The Hall–Kier alpha value is -1.10. The van der Waals surface area contributed by atoms with Crippen molar-refractivity contribution in [2.45, 2.75) is 71.2 Å². The van der Waals surface area contributed by atoms with Crippen LogP contribution in [0.4, 0.5) is 0 Å². The second kappa shape index (κ2) is 4.95. The zero-order chi connectivity index (χ0) is 16.3. The van der Waals surface area contributed by atoms with Crippen molar-refractivity contribution in [2.24, 2.45) is 23.2 Å². The maximum atomic E-state index is 12.0. The summed E-state index contributed by atoms with van der Waals surface area (Å²) in [6, 6.07) is 0. The molecule has 2 saturated carbocycles. The van der Waals surface area contributed by atoms with Crippen LogP contribution in [0.15, 0.2) is 0 Å². The fraction of sp³-hybridized carbons (Fsp3) is 0.882. The van der Waals surface area contributed by atoms with E-state index < -0.39 is 11.7 Å². The molecule has 7 unspecified atom stereocenters. The highest BCUT2D eigenvalue weighted by Crippen LogP contribution is 2.59.